The van der Waals surface area contributed by atoms with Crippen molar-refractivity contribution in [3.05, 3.63) is 30.6 Å². The summed E-state index contributed by atoms with van der Waals surface area (Å²) < 4.78 is 24.8. The van der Waals surface area contributed by atoms with E-state index in [1.807, 2.05) is 0 Å². The molecular formula is C8H9F2N3O. The molecule has 1 N–H and O–H groups in total. The van der Waals surface area contributed by atoms with Crippen LogP contribution in [0.4, 0.5) is 8.78 Å². The van der Waals surface area contributed by atoms with Gasteiger partial charge in [0.2, 0.25) is 0 Å². The van der Waals surface area contributed by atoms with Crippen LogP contribution < -0.4 is 5.32 Å². The molecule has 0 fully saturated rings. The predicted octanol–water partition coefficient (Wildman–Crippen LogP) is 1.19. The van der Waals surface area contributed by atoms with Crippen LogP contribution in [0.15, 0.2) is 24.9 Å². The summed E-state index contributed by atoms with van der Waals surface area (Å²) in [5.41, 5.74) is -0.165. The van der Waals surface area contributed by atoms with Crippen molar-refractivity contribution in [3.63, 3.8) is 0 Å². The minimum Gasteiger partial charge on any atom is -0.347 e. The Hall–Kier alpha value is -1.72. The summed E-state index contributed by atoms with van der Waals surface area (Å²) in [5.74, 6) is -0.595. The first kappa shape index (κ1) is 10.4. The Morgan fingerprint density at radius 3 is 3.07 bits per heavy atom. The van der Waals surface area contributed by atoms with Crippen LogP contribution >= 0.6 is 0 Å². The molecule has 4 nitrogen and oxygen atoms in total. The molecule has 6 heteroatoms. The smallest absolute Gasteiger partial charge is 0.333 e. The number of alkyl halides is 2. The molecule has 0 aliphatic heterocycles. The minimum absolute atomic E-state index is 0.165. The van der Waals surface area contributed by atoms with E-state index in [9.17, 15) is 13.6 Å². The van der Waals surface area contributed by atoms with Crippen molar-refractivity contribution in [1.29, 1.82) is 0 Å². The van der Waals surface area contributed by atoms with Gasteiger partial charge in [0.05, 0.1) is 0 Å². The zero-order chi connectivity index (χ0) is 10.6. The molecule has 0 bridgehead atoms. The maximum Gasteiger partial charge on any atom is 0.333 e. The Morgan fingerprint density at radius 2 is 2.50 bits per heavy atom. The molecule has 0 atom stereocenters. The summed E-state index contributed by atoms with van der Waals surface area (Å²) in [6, 6.07) is 1.23. The van der Waals surface area contributed by atoms with Crippen LogP contribution in [0.5, 0.6) is 0 Å². The van der Waals surface area contributed by atoms with Crippen LogP contribution in [-0.2, 0) is 0 Å². The lowest BCUT2D eigenvalue weighted by Crippen LogP contribution is -2.26. The first-order chi connectivity index (χ1) is 6.66. The lowest BCUT2D eigenvalue weighted by atomic mass is 10.4. The number of nitrogens with one attached hydrogen (secondary N) is 1. The molecule has 0 aromatic carbocycles. The summed E-state index contributed by atoms with van der Waals surface area (Å²) in [5, 5.41) is 5.70. The molecule has 76 valence electrons. The maximum absolute atomic E-state index is 12.2. The first-order valence-corrected chi connectivity index (χ1v) is 3.87. The number of hydrogen-bond donors (Lipinski definition) is 1. The second-order valence-corrected chi connectivity index (χ2v) is 2.44. The number of carbonyl (C=O) groups excluding carboxylic acids is 1. The highest BCUT2D eigenvalue weighted by Crippen LogP contribution is 2.11. The molecule has 0 saturated heterocycles. The fourth-order valence-corrected chi connectivity index (χ4v) is 0.905. The first-order valence-electron chi connectivity index (χ1n) is 3.87. The maximum atomic E-state index is 12.2. The van der Waals surface area contributed by atoms with Gasteiger partial charge < -0.3 is 5.32 Å². The van der Waals surface area contributed by atoms with Crippen LogP contribution in [0.25, 0.3) is 0 Å². The molecule has 1 heterocycles. The zero-order valence-corrected chi connectivity index (χ0v) is 7.28. The quantitative estimate of drug-likeness (QED) is 0.744. The van der Waals surface area contributed by atoms with E-state index < -0.39 is 12.5 Å². The molecule has 0 saturated carbocycles. The monoisotopic (exact) mass is 201 g/mol. The number of rotatable bonds is 4. The predicted molar refractivity (Wildman–Crippen MR) is 46.0 cm³/mol. The van der Waals surface area contributed by atoms with Crippen molar-refractivity contribution in [3.8, 4) is 0 Å². The number of amides is 1. The van der Waals surface area contributed by atoms with Crippen LogP contribution in [0.2, 0.25) is 0 Å². The van der Waals surface area contributed by atoms with Crippen LogP contribution in [0, 0.1) is 0 Å². The van der Waals surface area contributed by atoms with Gasteiger partial charge >= 0.3 is 6.55 Å². The van der Waals surface area contributed by atoms with E-state index in [1.54, 1.807) is 0 Å². The standard InChI is InChI=1S/C8H9F2N3O/c1-2-4-11-7(14)6-3-5-12-13(6)8(9)10/h2-3,5,8H,1,4H2,(H,11,14). The number of nitrogens with zero attached hydrogens (tertiary/aromatic N) is 2. The number of carbonyl (C=O) groups is 1. The molecule has 1 aromatic heterocycles. The number of halogens is 2. The number of hydrogen-bond acceptors (Lipinski definition) is 2. The van der Waals surface area contributed by atoms with E-state index in [-0.39, 0.29) is 12.2 Å². The van der Waals surface area contributed by atoms with E-state index >= 15 is 0 Å². The molecule has 1 amide bonds. The van der Waals surface area contributed by atoms with E-state index in [1.165, 1.54) is 12.1 Å². The van der Waals surface area contributed by atoms with Gasteiger partial charge in [-0.1, -0.05) is 6.08 Å². The molecule has 14 heavy (non-hydrogen) atoms. The van der Waals surface area contributed by atoms with Crippen molar-refractivity contribution in [2.75, 3.05) is 6.54 Å². The van der Waals surface area contributed by atoms with Gasteiger partial charge in [-0.25, -0.2) is 0 Å². The molecule has 0 aliphatic rings. The van der Waals surface area contributed by atoms with E-state index in [2.05, 4.69) is 17.0 Å². The molecule has 0 spiro atoms. The molecule has 0 radical (unpaired) electrons. The third-order valence-electron chi connectivity index (χ3n) is 1.49. The van der Waals surface area contributed by atoms with Gasteiger partial charge in [0.1, 0.15) is 5.69 Å². The Kier molecular flexibility index (Phi) is 3.33. The summed E-state index contributed by atoms with van der Waals surface area (Å²) in [4.78, 5) is 11.2. The summed E-state index contributed by atoms with van der Waals surface area (Å²) >= 11 is 0. The average Bonchev–Trinajstić information content (AvgIpc) is 2.62. The molecule has 1 aromatic rings. The highest BCUT2D eigenvalue weighted by Gasteiger charge is 2.16. The topological polar surface area (TPSA) is 46.9 Å². The van der Waals surface area contributed by atoms with Crippen LogP contribution in [-0.4, -0.2) is 22.2 Å². The van der Waals surface area contributed by atoms with Gasteiger partial charge in [-0.3, -0.25) is 4.79 Å². The van der Waals surface area contributed by atoms with Crippen LogP contribution in [0.1, 0.15) is 17.0 Å². The second-order valence-electron chi connectivity index (χ2n) is 2.44. The third kappa shape index (κ3) is 2.15. The Labute approximate surface area is 79.2 Å². The van der Waals surface area contributed by atoms with Gasteiger partial charge in [0, 0.05) is 12.7 Å². The summed E-state index contributed by atoms with van der Waals surface area (Å²) in [6.07, 6.45) is 2.61. The zero-order valence-electron chi connectivity index (χ0n) is 7.28. The fourth-order valence-electron chi connectivity index (χ4n) is 0.905. The van der Waals surface area contributed by atoms with Crippen molar-refractivity contribution in [2.24, 2.45) is 0 Å². The Balaban J connectivity index is 2.78. The normalized spacial score (nSPS) is 10.2. The van der Waals surface area contributed by atoms with Crippen LogP contribution in [0.3, 0.4) is 0 Å². The Bertz CT molecular complexity index is 335. The Morgan fingerprint density at radius 1 is 1.79 bits per heavy atom. The van der Waals surface area contributed by atoms with Gasteiger partial charge in [-0.15, -0.1) is 6.58 Å². The van der Waals surface area contributed by atoms with Crippen molar-refractivity contribution >= 4 is 5.91 Å². The molecule has 0 unspecified atom stereocenters. The van der Waals surface area contributed by atoms with E-state index in [0.717, 1.165) is 6.20 Å². The van der Waals surface area contributed by atoms with Crippen molar-refractivity contribution < 1.29 is 13.6 Å². The molecular weight excluding hydrogens is 192 g/mol. The molecule has 1 rings (SSSR count). The third-order valence-corrected chi connectivity index (χ3v) is 1.49. The van der Waals surface area contributed by atoms with Crippen molar-refractivity contribution in [1.82, 2.24) is 15.1 Å². The van der Waals surface area contributed by atoms with E-state index in [0.29, 0.717) is 4.68 Å². The SMILES string of the molecule is C=CCNC(=O)c1ccnn1C(F)F. The molecule has 0 aliphatic carbocycles. The van der Waals surface area contributed by atoms with Crippen molar-refractivity contribution in [2.45, 2.75) is 6.55 Å². The van der Waals surface area contributed by atoms with Gasteiger partial charge in [-0.2, -0.15) is 18.6 Å². The van der Waals surface area contributed by atoms with E-state index in [4.69, 9.17) is 0 Å². The average molecular weight is 201 g/mol. The minimum atomic E-state index is -2.81. The second kappa shape index (κ2) is 4.50. The van der Waals surface area contributed by atoms with Gasteiger partial charge in [0.15, 0.2) is 0 Å². The lowest BCUT2D eigenvalue weighted by molar-refractivity contribution is 0.0510. The highest BCUT2D eigenvalue weighted by molar-refractivity contribution is 5.92. The largest absolute Gasteiger partial charge is 0.347 e. The summed E-state index contributed by atoms with van der Waals surface area (Å²) in [7, 11) is 0. The fraction of sp³-hybridized carbons (Fsp3) is 0.250. The highest BCUT2D eigenvalue weighted by atomic mass is 19.3. The number of aromatic nitrogens is 2. The van der Waals surface area contributed by atoms with Gasteiger partial charge in [0.25, 0.3) is 5.91 Å². The van der Waals surface area contributed by atoms with Gasteiger partial charge in [-0.05, 0) is 6.07 Å². The lowest BCUT2D eigenvalue weighted by Gasteiger charge is -2.05. The summed E-state index contributed by atoms with van der Waals surface area (Å²) in [6.45, 7) is 0.805.